The summed E-state index contributed by atoms with van der Waals surface area (Å²) in [7, 11) is 1.43. The zero-order valence-corrected chi connectivity index (χ0v) is 13.0. The van der Waals surface area contributed by atoms with Crippen molar-refractivity contribution in [3.8, 4) is 5.88 Å². The molecule has 0 atom stereocenters. The van der Waals surface area contributed by atoms with Crippen LogP contribution in [0.2, 0.25) is 0 Å². The van der Waals surface area contributed by atoms with Gasteiger partial charge in [-0.2, -0.15) is 0 Å². The summed E-state index contributed by atoms with van der Waals surface area (Å²) in [5, 5.41) is 6.18. The van der Waals surface area contributed by atoms with Crippen molar-refractivity contribution < 1.29 is 23.6 Å². The fourth-order valence-corrected chi connectivity index (χ4v) is 1.74. The molecule has 122 valence electrons. The summed E-state index contributed by atoms with van der Waals surface area (Å²) in [5.74, 6) is -0.583. The molecule has 0 aliphatic heterocycles. The quantitative estimate of drug-likeness (QED) is 0.623. The monoisotopic (exact) mass is 318 g/mol. The van der Waals surface area contributed by atoms with Crippen molar-refractivity contribution in [3.05, 3.63) is 41.7 Å². The lowest BCUT2D eigenvalue weighted by molar-refractivity contribution is 0.0499. The highest BCUT2D eigenvalue weighted by Gasteiger charge is 2.14. The number of amides is 1. The van der Waals surface area contributed by atoms with E-state index in [1.54, 1.807) is 24.3 Å². The molecule has 0 bridgehead atoms. The first kappa shape index (κ1) is 16.5. The van der Waals surface area contributed by atoms with E-state index in [-0.39, 0.29) is 17.6 Å². The molecule has 0 aliphatic carbocycles. The second kappa shape index (κ2) is 7.98. The Bertz CT molecular complexity index is 663. The van der Waals surface area contributed by atoms with Crippen LogP contribution in [0.1, 0.15) is 40.7 Å². The highest BCUT2D eigenvalue weighted by molar-refractivity contribution is 6.02. The average molecular weight is 318 g/mol. The van der Waals surface area contributed by atoms with E-state index in [0.29, 0.717) is 17.9 Å². The predicted octanol–water partition coefficient (Wildman–Crippen LogP) is 2.89. The maximum Gasteiger partial charge on any atom is 0.338 e. The van der Waals surface area contributed by atoms with Crippen LogP contribution in [-0.4, -0.2) is 30.7 Å². The van der Waals surface area contributed by atoms with Crippen LogP contribution in [0.4, 0.5) is 5.69 Å². The van der Waals surface area contributed by atoms with Crippen molar-refractivity contribution in [2.24, 2.45) is 0 Å². The lowest BCUT2D eigenvalue weighted by Gasteiger charge is -2.06. The number of aromatic nitrogens is 1. The van der Waals surface area contributed by atoms with E-state index in [2.05, 4.69) is 10.5 Å². The molecule has 0 saturated heterocycles. The molecule has 1 aromatic carbocycles. The first-order valence-electron chi connectivity index (χ1n) is 7.23. The number of benzene rings is 1. The number of esters is 1. The maximum atomic E-state index is 11.9. The van der Waals surface area contributed by atoms with E-state index in [4.69, 9.17) is 14.0 Å². The molecule has 23 heavy (non-hydrogen) atoms. The molecule has 1 aromatic heterocycles. The molecule has 1 amide bonds. The molecule has 0 fully saturated rings. The zero-order valence-electron chi connectivity index (χ0n) is 13.0. The average Bonchev–Trinajstić information content (AvgIpc) is 3.05. The number of hydrogen-bond acceptors (Lipinski definition) is 6. The smallest absolute Gasteiger partial charge is 0.338 e. The molecule has 2 aromatic rings. The first-order valence-corrected chi connectivity index (χ1v) is 7.23. The summed E-state index contributed by atoms with van der Waals surface area (Å²) in [6.45, 7) is 2.43. The zero-order chi connectivity index (χ0) is 16.7. The maximum absolute atomic E-state index is 11.9. The van der Waals surface area contributed by atoms with Crippen molar-refractivity contribution >= 4 is 17.6 Å². The molecule has 0 unspecified atom stereocenters. The molecule has 2 rings (SSSR count). The third kappa shape index (κ3) is 4.57. The highest BCUT2D eigenvalue weighted by atomic mass is 16.5. The van der Waals surface area contributed by atoms with Crippen LogP contribution in [0.15, 0.2) is 34.9 Å². The first-order chi connectivity index (χ1) is 11.1. The van der Waals surface area contributed by atoms with E-state index in [9.17, 15) is 9.59 Å². The molecule has 7 heteroatoms. The van der Waals surface area contributed by atoms with Gasteiger partial charge in [0, 0.05) is 5.69 Å². The summed E-state index contributed by atoms with van der Waals surface area (Å²) in [4.78, 5) is 23.7. The summed E-state index contributed by atoms with van der Waals surface area (Å²) in [6.07, 6.45) is 1.80. The van der Waals surface area contributed by atoms with E-state index >= 15 is 0 Å². The molecule has 0 radical (unpaired) electrons. The summed E-state index contributed by atoms with van der Waals surface area (Å²) in [5.41, 5.74) is 0.955. The van der Waals surface area contributed by atoms with Gasteiger partial charge in [-0.05, 0) is 35.8 Å². The van der Waals surface area contributed by atoms with Gasteiger partial charge in [0.1, 0.15) is 0 Å². The van der Waals surface area contributed by atoms with Gasteiger partial charge in [-0.3, -0.25) is 4.79 Å². The van der Waals surface area contributed by atoms with Crippen LogP contribution in [0.5, 0.6) is 5.88 Å². The van der Waals surface area contributed by atoms with Crippen LogP contribution >= 0.6 is 0 Å². The van der Waals surface area contributed by atoms with Gasteiger partial charge < -0.3 is 19.3 Å². The summed E-state index contributed by atoms with van der Waals surface area (Å²) >= 11 is 0. The Morgan fingerprint density at radius 1 is 1.26 bits per heavy atom. The van der Waals surface area contributed by atoms with E-state index < -0.39 is 5.91 Å². The van der Waals surface area contributed by atoms with Gasteiger partial charge >= 0.3 is 5.97 Å². The Balaban J connectivity index is 1.94. The van der Waals surface area contributed by atoms with E-state index in [0.717, 1.165) is 12.8 Å². The normalized spacial score (nSPS) is 10.2. The number of carbonyl (C=O) groups excluding carboxylic acids is 2. The van der Waals surface area contributed by atoms with Crippen LogP contribution in [-0.2, 0) is 4.74 Å². The van der Waals surface area contributed by atoms with E-state index in [1.165, 1.54) is 13.2 Å². The number of carbonyl (C=O) groups is 2. The van der Waals surface area contributed by atoms with Crippen molar-refractivity contribution in [3.63, 3.8) is 0 Å². The standard InChI is InChI=1S/C16H18N2O5/c1-3-4-9-22-16(20)11-5-7-12(8-6-11)17-15(19)13-10-14(21-2)18-23-13/h5-8,10H,3-4,9H2,1-2H3,(H,17,19). The lowest BCUT2D eigenvalue weighted by Crippen LogP contribution is -2.11. The predicted molar refractivity (Wildman–Crippen MR) is 82.6 cm³/mol. The molecule has 7 nitrogen and oxygen atoms in total. The van der Waals surface area contributed by atoms with Crippen molar-refractivity contribution in [1.82, 2.24) is 5.16 Å². The van der Waals surface area contributed by atoms with Gasteiger partial charge in [0.05, 0.1) is 25.3 Å². The Kier molecular flexibility index (Phi) is 5.74. The minimum Gasteiger partial charge on any atom is -0.479 e. The van der Waals surface area contributed by atoms with Gasteiger partial charge in [0.25, 0.3) is 11.8 Å². The second-order valence-electron chi connectivity index (χ2n) is 4.75. The molecule has 0 aliphatic rings. The molecule has 1 N–H and O–H groups in total. The number of hydrogen-bond donors (Lipinski definition) is 1. The van der Waals surface area contributed by atoms with Gasteiger partial charge in [-0.1, -0.05) is 13.3 Å². The fraction of sp³-hybridized carbons (Fsp3) is 0.312. The van der Waals surface area contributed by atoms with Crippen LogP contribution in [0, 0.1) is 0 Å². The lowest BCUT2D eigenvalue weighted by atomic mass is 10.2. The highest BCUT2D eigenvalue weighted by Crippen LogP contribution is 2.15. The summed E-state index contributed by atoms with van der Waals surface area (Å²) < 4.78 is 14.8. The van der Waals surface area contributed by atoms with Crippen LogP contribution in [0.3, 0.4) is 0 Å². The Morgan fingerprint density at radius 3 is 2.61 bits per heavy atom. The molecule has 1 heterocycles. The third-order valence-corrected chi connectivity index (χ3v) is 3.03. The molecular formula is C16H18N2O5. The molecular weight excluding hydrogens is 300 g/mol. The van der Waals surface area contributed by atoms with Gasteiger partial charge in [0.15, 0.2) is 0 Å². The van der Waals surface area contributed by atoms with Gasteiger partial charge in [0.2, 0.25) is 5.76 Å². The second-order valence-corrected chi connectivity index (χ2v) is 4.75. The third-order valence-electron chi connectivity index (χ3n) is 3.03. The number of ether oxygens (including phenoxy) is 2. The largest absolute Gasteiger partial charge is 0.479 e. The van der Waals surface area contributed by atoms with Crippen molar-refractivity contribution in [2.45, 2.75) is 19.8 Å². The molecule has 0 spiro atoms. The van der Waals surface area contributed by atoms with Crippen LogP contribution < -0.4 is 10.1 Å². The number of methoxy groups -OCH3 is 1. The Morgan fingerprint density at radius 2 is 2.00 bits per heavy atom. The van der Waals surface area contributed by atoms with Crippen molar-refractivity contribution in [2.75, 3.05) is 19.0 Å². The SMILES string of the molecule is CCCCOC(=O)c1ccc(NC(=O)c2cc(OC)no2)cc1. The Hall–Kier alpha value is -2.83. The number of unbranched alkanes of at least 4 members (excludes halogenated alkanes) is 1. The van der Waals surface area contributed by atoms with Gasteiger partial charge in [-0.25, -0.2) is 4.79 Å². The van der Waals surface area contributed by atoms with E-state index in [1.807, 2.05) is 6.92 Å². The van der Waals surface area contributed by atoms with Gasteiger partial charge in [-0.15, -0.1) is 0 Å². The minimum absolute atomic E-state index is 0.0323. The summed E-state index contributed by atoms with van der Waals surface area (Å²) in [6, 6.07) is 7.79. The minimum atomic E-state index is -0.459. The number of rotatable bonds is 7. The number of anilines is 1. The van der Waals surface area contributed by atoms with Crippen LogP contribution in [0.25, 0.3) is 0 Å². The number of nitrogens with one attached hydrogen (secondary N) is 1. The molecule has 0 saturated carbocycles. The topological polar surface area (TPSA) is 90.7 Å². The Labute approximate surface area is 133 Å². The number of nitrogens with zero attached hydrogens (tertiary/aromatic N) is 1. The fourth-order valence-electron chi connectivity index (χ4n) is 1.74. The van der Waals surface area contributed by atoms with Crippen molar-refractivity contribution in [1.29, 1.82) is 0 Å².